The second kappa shape index (κ2) is 7.17. The Labute approximate surface area is 97.0 Å². The van der Waals surface area contributed by atoms with Crippen LogP contribution in [0.5, 0.6) is 6.01 Å². The topological polar surface area (TPSA) is 44.2 Å². The van der Waals surface area contributed by atoms with Crippen molar-refractivity contribution in [3.63, 3.8) is 0 Å². The van der Waals surface area contributed by atoms with Gasteiger partial charge in [-0.3, -0.25) is 0 Å². The van der Waals surface area contributed by atoms with Crippen molar-refractivity contribution in [3.8, 4) is 6.01 Å². The Kier molecular flexibility index (Phi) is 5.78. The molecule has 16 heavy (non-hydrogen) atoms. The van der Waals surface area contributed by atoms with Crippen molar-refractivity contribution in [1.29, 1.82) is 0 Å². The zero-order valence-electron chi connectivity index (χ0n) is 10.3. The van der Waals surface area contributed by atoms with Crippen molar-refractivity contribution in [2.75, 3.05) is 19.8 Å². The molecule has 2 heterocycles. The van der Waals surface area contributed by atoms with Gasteiger partial charge in [0, 0.05) is 24.4 Å². The highest BCUT2D eigenvalue weighted by atomic mass is 16.5. The maximum absolute atomic E-state index is 5.47. The highest BCUT2D eigenvalue weighted by Gasteiger charge is 2.16. The molecule has 4 nitrogen and oxygen atoms in total. The Morgan fingerprint density at radius 1 is 1.50 bits per heavy atom. The van der Waals surface area contributed by atoms with E-state index < -0.39 is 0 Å². The largest absolute Gasteiger partial charge is 0.463 e. The number of aromatic nitrogens is 2. The van der Waals surface area contributed by atoms with Crippen molar-refractivity contribution < 1.29 is 9.47 Å². The second-order valence-corrected chi connectivity index (χ2v) is 3.52. The highest BCUT2D eigenvalue weighted by Crippen LogP contribution is 2.13. The van der Waals surface area contributed by atoms with Crippen LogP contribution in [-0.4, -0.2) is 29.8 Å². The number of hydrogen-bond donors (Lipinski definition) is 0. The van der Waals surface area contributed by atoms with Crippen molar-refractivity contribution in [2.24, 2.45) is 5.92 Å². The first-order chi connectivity index (χ1) is 7.84. The summed E-state index contributed by atoms with van der Waals surface area (Å²) in [5, 5.41) is 0. The Hall–Kier alpha value is -1.16. The minimum absolute atomic E-state index is 0.469. The summed E-state index contributed by atoms with van der Waals surface area (Å²) in [6.45, 7) is 8.23. The predicted molar refractivity (Wildman–Crippen MR) is 62.5 cm³/mol. The lowest BCUT2D eigenvalue weighted by Crippen LogP contribution is -2.13. The molecule has 1 fully saturated rings. The molecule has 0 amide bonds. The van der Waals surface area contributed by atoms with Crippen molar-refractivity contribution in [3.05, 3.63) is 18.0 Å². The molecule has 1 saturated heterocycles. The fourth-order valence-electron chi connectivity index (χ4n) is 1.40. The van der Waals surface area contributed by atoms with Gasteiger partial charge in [-0.1, -0.05) is 13.8 Å². The van der Waals surface area contributed by atoms with Gasteiger partial charge in [-0.05, 0) is 19.4 Å². The first-order valence-corrected chi connectivity index (χ1v) is 5.85. The van der Waals surface area contributed by atoms with Crippen molar-refractivity contribution >= 4 is 0 Å². The molecule has 0 spiro atoms. The molecule has 1 aliphatic rings. The molecule has 0 aromatic carbocycles. The molecule has 1 aliphatic heterocycles. The molecule has 0 bridgehead atoms. The summed E-state index contributed by atoms with van der Waals surface area (Å²) in [4.78, 5) is 8.19. The van der Waals surface area contributed by atoms with Gasteiger partial charge in [-0.2, -0.15) is 0 Å². The van der Waals surface area contributed by atoms with Gasteiger partial charge in [-0.15, -0.1) is 0 Å². The third-order valence-electron chi connectivity index (χ3n) is 2.24. The molecule has 0 saturated carbocycles. The molecule has 1 unspecified atom stereocenters. The normalized spacial score (nSPS) is 18.8. The van der Waals surface area contributed by atoms with Gasteiger partial charge >= 0.3 is 6.01 Å². The van der Waals surface area contributed by atoms with Gasteiger partial charge in [-0.25, -0.2) is 9.97 Å². The number of ether oxygens (including phenoxy) is 2. The lowest BCUT2D eigenvalue weighted by Gasteiger charge is -2.08. The Morgan fingerprint density at radius 2 is 2.31 bits per heavy atom. The summed E-state index contributed by atoms with van der Waals surface area (Å²) in [6, 6.07) is 2.32. The maximum Gasteiger partial charge on any atom is 0.316 e. The second-order valence-electron chi connectivity index (χ2n) is 3.52. The summed E-state index contributed by atoms with van der Waals surface area (Å²) in [7, 11) is 0. The standard InChI is InChI=1S/C10H14N2O2.C2H6/c1-8-2-4-11-10(12-8)14-7-9-3-5-13-6-9;1-2/h2,4,9H,3,5-7H2,1H3;1-2H3. The summed E-state index contributed by atoms with van der Waals surface area (Å²) in [6.07, 6.45) is 2.79. The van der Waals surface area contributed by atoms with E-state index in [-0.39, 0.29) is 0 Å². The van der Waals surface area contributed by atoms with E-state index in [2.05, 4.69) is 9.97 Å². The van der Waals surface area contributed by atoms with Crippen LogP contribution in [0.3, 0.4) is 0 Å². The first kappa shape index (κ1) is 12.9. The summed E-state index contributed by atoms with van der Waals surface area (Å²) in [5.41, 5.74) is 0.928. The van der Waals surface area contributed by atoms with Crippen LogP contribution in [0.1, 0.15) is 26.0 Å². The van der Waals surface area contributed by atoms with Crippen LogP contribution in [0.2, 0.25) is 0 Å². The van der Waals surface area contributed by atoms with E-state index in [1.54, 1.807) is 6.20 Å². The quantitative estimate of drug-likeness (QED) is 0.789. The van der Waals surface area contributed by atoms with Gasteiger partial charge in [0.25, 0.3) is 0 Å². The molecule has 0 aliphatic carbocycles. The Bertz CT molecular complexity index is 299. The number of nitrogens with zero attached hydrogens (tertiary/aromatic N) is 2. The molecule has 0 N–H and O–H groups in total. The Morgan fingerprint density at radius 3 is 2.94 bits per heavy atom. The zero-order chi connectivity index (χ0) is 11.8. The number of rotatable bonds is 3. The number of aryl methyl sites for hydroxylation is 1. The molecule has 0 radical (unpaired) electrons. The molecule has 1 aromatic rings. The minimum Gasteiger partial charge on any atom is -0.463 e. The SMILES string of the molecule is CC.Cc1ccnc(OCC2CCOC2)n1. The van der Waals surface area contributed by atoms with E-state index in [1.165, 1.54) is 0 Å². The monoisotopic (exact) mass is 224 g/mol. The highest BCUT2D eigenvalue weighted by molar-refractivity contribution is 5.02. The van der Waals surface area contributed by atoms with Crippen LogP contribution in [0, 0.1) is 12.8 Å². The van der Waals surface area contributed by atoms with E-state index in [1.807, 2.05) is 26.8 Å². The number of hydrogen-bond acceptors (Lipinski definition) is 4. The molecule has 1 aromatic heterocycles. The van der Waals surface area contributed by atoms with Gasteiger partial charge < -0.3 is 9.47 Å². The van der Waals surface area contributed by atoms with Crippen LogP contribution in [0.15, 0.2) is 12.3 Å². The fourth-order valence-corrected chi connectivity index (χ4v) is 1.40. The van der Waals surface area contributed by atoms with Crippen LogP contribution in [0.25, 0.3) is 0 Å². The first-order valence-electron chi connectivity index (χ1n) is 5.85. The predicted octanol–water partition coefficient (Wildman–Crippen LogP) is 2.23. The van der Waals surface area contributed by atoms with Crippen LogP contribution >= 0.6 is 0 Å². The van der Waals surface area contributed by atoms with Crippen molar-refractivity contribution in [1.82, 2.24) is 9.97 Å². The molecular formula is C12H20N2O2. The molecular weight excluding hydrogens is 204 g/mol. The lowest BCUT2D eigenvalue weighted by atomic mass is 10.1. The average molecular weight is 224 g/mol. The zero-order valence-corrected chi connectivity index (χ0v) is 10.3. The van der Waals surface area contributed by atoms with Crippen LogP contribution < -0.4 is 4.74 Å². The minimum atomic E-state index is 0.469. The average Bonchev–Trinajstić information content (AvgIpc) is 2.82. The summed E-state index contributed by atoms with van der Waals surface area (Å²) in [5.74, 6) is 0.499. The van der Waals surface area contributed by atoms with Gasteiger partial charge in [0.15, 0.2) is 0 Å². The van der Waals surface area contributed by atoms with Gasteiger partial charge in [0.05, 0.1) is 13.2 Å². The summed E-state index contributed by atoms with van der Waals surface area (Å²) >= 11 is 0. The van der Waals surface area contributed by atoms with Gasteiger partial charge in [0.2, 0.25) is 0 Å². The van der Waals surface area contributed by atoms with Crippen LogP contribution in [-0.2, 0) is 4.74 Å². The Balaban J connectivity index is 0.000000606. The smallest absolute Gasteiger partial charge is 0.316 e. The third-order valence-corrected chi connectivity index (χ3v) is 2.24. The van der Waals surface area contributed by atoms with E-state index in [4.69, 9.17) is 9.47 Å². The lowest BCUT2D eigenvalue weighted by molar-refractivity contribution is 0.163. The van der Waals surface area contributed by atoms with Gasteiger partial charge in [0.1, 0.15) is 0 Å². The summed E-state index contributed by atoms with van der Waals surface area (Å²) < 4.78 is 10.7. The third kappa shape index (κ3) is 4.14. The molecule has 4 heteroatoms. The maximum atomic E-state index is 5.47. The van der Waals surface area contributed by atoms with E-state index >= 15 is 0 Å². The van der Waals surface area contributed by atoms with E-state index in [0.29, 0.717) is 18.5 Å². The fraction of sp³-hybridized carbons (Fsp3) is 0.667. The molecule has 2 rings (SSSR count). The van der Waals surface area contributed by atoms with Crippen LogP contribution in [0.4, 0.5) is 0 Å². The molecule has 90 valence electrons. The van der Waals surface area contributed by atoms with E-state index in [0.717, 1.165) is 25.3 Å². The molecule has 1 atom stereocenters. The van der Waals surface area contributed by atoms with E-state index in [9.17, 15) is 0 Å². The van der Waals surface area contributed by atoms with Crippen molar-refractivity contribution in [2.45, 2.75) is 27.2 Å².